The first-order valence-electron chi connectivity index (χ1n) is 8.55. The van der Waals surface area contributed by atoms with Crippen molar-refractivity contribution in [2.45, 2.75) is 51.0 Å². The normalized spacial score (nSPS) is 16.2. The van der Waals surface area contributed by atoms with E-state index >= 15 is 0 Å². The highest BCUT2D eigenvalue weighted by Gasteiger charge is 2.31. The molecule has 1 amide bonds. The predicted molar refractivity (Wildman–Crippen MR) is 91.4 cm³/mol. The van der Waals surface area contributed by atoms with Crippen molar-refractivity contribution in [2.75, 3.05) is 6.54 Å². The van der Waals surface area contributed by atoms with Crippen molar-refractivity contribution in [3.05, 3.63) is 41.9 Å². The van der Waals surface area contributed by atoms with Crippen LogP contribution in [0.15, 0.2) is 34.9 Å². The molecule has 2 N–H and O–H groups in total. The fourth-order valence-electron chi connectivity index (χ4n) is 3.06. The summed E-state index contributed by atoms with van der Waals surface area (Å²) in [6.07, 6.45) is 6.06. The number of hydrogen-bond donors (Lipinski definition) is 2. The Morgan fingerprint density at radius 2 is 2.00 bits per heavy atom. The van der Waals surface area contributed by atoms with Crippen LogP contribution in [0.1, 0.15) is 43.6 Å². The largest absolute Gasteiger partial charge is 0.441 e. The zero-order valence-electron chi connectivity index (χ0n) is 14.0. The van der Waals surface area contributed by atoms with Crippen LogP contribution in [0, 0.1) is 6.92 Å². The summed E-state index contributed by atoms with van der Waals surface area (Å²) in [6.45, 7) is 2.38. The summed E-state index contributed by atoms with van der Waals surface area (Å²) in [7, 11) is 0. The highest BCUT2D eigenvalue weighted by Crippen LogP contribution is 2.28. The minimum atomic E-state index is -0.711. The molecule has 24 heavy (non-hydrogen) atoms. The van der Waals surface area contributed by atoms with Gasteiger partial charge < -0.3 is 14.8 Å². The number of oxazole rings is 1. The van der Waals surface area contributed by atoms with E-state index in [1.54, 1.807) is 6.20 Å². The Morgan fingerprint density at radius 3 is 2.71 bits per heavy atom. The fraction of sp³-hybridized carbons (Fsp3) is 0.474. The van der Waals surface area contributed by atoms with Gasteiger partial charge in [-0.3, -0.25) is 4.79 Å². The maximum atomic E-state index is 11.9. The van der Waals surface area contributed by atoms with Crippen LogP contribution < -0.4 is 5.32 Å². The number of rotatable bonds is 6. The van der Waals surface area contributed by atoms with Crippen LogP contribution in [0.3, 0.4) is 0 Å². The smallest absolute Gasteiger partial charge is 0.220 e. The second-order valence-corrected chi connectivity index (χ2v) is 6.69. The summed E-state index contributed by atoms with van der Waals surface area (Å²) in [5.74, 6) is 1.19. The van der Waals surface area contributed by atoms with Crippen molar-refractivity contribution in [3.63, 3.8) is 0 Å². The molecule has 0 aliphatic heterocycles. The Balaban J connectivity index is 1.48. The first-order valence-corrected chi connectivity index (χ1v) is 8.55. The van der Waals surface area contributed by atoms with Gasteiger partial charge in [-0.2, -0.15) is 0 Å². The van der Waals surface area contributed by atoms with E-state index in [-0.39, 0.29) is 5.91 Å². The molecule has 1 aromatic heterocycles. The number of aryl methyl sites for hydroxylation is 2. The lowest BCUT2D eigenvalue weighted by Crippen LogP contribution is -2.40. The monoisotopic (exact) mass is 328 g/mol. The fourth-order valence-corrected chi connectivity index (χ4v) is 3.06. The summed E-state index contributed by atoms with van der Waals surface area (Å²) < 4.78 is 5.72. The molecule has 1 heterocycles. The third-order valence-corrected chi connectivity index (χ3v) is 4.60. The number of carbonyl (C=O) groups is 1. The van der Waals surface area contributed by atoms with E-state index in [1.165, 1.54) is 5.56 Å². The van der Waals surface area contributed by atoms with Gasteiger partial charge in [0.25, 0.3) is 0 Å². The highest BCUT2D eigenvalue weighted by molar-refractivity contribution is 5.76. The molecular weight excluding hydrogens is 304 g/mol. The number of aromatic nitrogens is 1. The first-order chi connectivity index (χ1) is 11.5. The summed E-state index contributed by atoms with van der Waals surface area (Å²) >= 11 is 0. The van der Waals surface area contributed by atoms with Gasteiger partial charge in [0.15, 0.2) is 11.7 Å². The molecule has 1 fully saturated rings. The van der Waals surface area contributed by atoms with Crippen LogP contribution in [-0.2, 0) is 11.2 Å². The van der Waals surface area contributed by atoms with Crippen LogP contribution in [-0.4, -0.2) is 28.1 Å². The van der Waals surface area contributed by atoms with Crippen LogP contribution >= 0.6 is 0 Å². The Hall–Kier alpha value is -2.14. The third kappa shape index (κ3) is 4.23. The molecule has 0 atom stereocenters. The number of carbonyl (C=O) groups excluding carboxylic acids is 1. The molecule has 2 aromatic rings. The standard InChI is InChI=1S/C19H24N2O3/c1-14-4-6-15(7-5-14)16-12-20-18(24-16)9-8-17(22)21-13-19(23)10-2-3-11-19/h4-7,12,23H,2-3,8-11,13H2,1H3,(H,21,22). The summed E-state index contributed by atoms with van der Waals surface area (Å²) in [5, 5.41) is 13.1. The summed E-state index contributed by atoms with van der Waals surface area (Å²) in [4.78, 5) is 16.2. The predicted octanol–water partition coefficient (Wildman–Crippen LogP) is 3.00. The first kappa shape index (κ1) is 16.7. The maximum Gasteiger partial charge on any atom is 0.220 e. The molecule has 1 aliphatic carbocycles. The Bertz CT molecular complexity index is 685. The highest BCUT2D eigenvalue weighted by atomic mass is 16.4. The molecule has 3 rings (SSSR count). The van der Waals surface area contributed by atoms with Gasteiger partial charge in [0.2, 0.25) is 5.91 Å². The van der Waals surface area contributed by atoms with Gasteiger partial charge in [-0.05, 0) is 19.8 Å². The molecular formula is C19H24N2O3. The number of nitrogens with one attached hydrogen (secondary N) is 1. The van der Waals surface area contributed by atoms with Crippen LogP contribution in [0.5, 0.6) is 0 Å². The van der Waals surface area contributed by atoms with Crippen molar-refractivity contribution in [2.24, 2.45) is 0 Å². The minimum Gasteiger partial charge on any atom is -0.441 e. The molecule has 1 saturated carbocycles. The van der Waals surface area contributed by atoms with E-state index in [1.807, 2.05) is 31.2 Å². The van der Waals surface area contributed by atoms with Crippen LogP contribution in [0.2, 0.25) is 0 Å². The van der Waals surface area contributed by atoms with E-state index in [9.17, 15) is 9.90 Å². The Labute approximate surface area is 142 Å². The van der Waals surface area contributed by atoms with Crippen molar-refractivity contribution < 1.29 is 14.3 Å². The molecule has 1 aliphatic rings. The topological polar surface area (TPSA) is 75.4 Å². The minimum absolute atomic E-state index is 0.0783. The number of amides is 1. The molecule has 0 spiro atoms. The maximum absolute atomic E-state index is 11.9. The lowest BCUT2D eigenvalue weighted by molar-refractivity contribution is -0.122. The van der Waals surface area contributed by atoms with Gasteiger partial charge in [0.1, 0.15) is 0 Å². The van der Waals surface area contributed by atoms with Gasteiger partial charge >= 0.3 is 0 Å². The zero-order chi connectivity index (χ0) is 17.0. The Morgan fingerprint density at radius 1 is 1.29 bits per heavy atom. The molecule has 5 nitrogen and oxygen atoms in total. The van der Waals surface area contributed by atoms with Gasteiger partial charge in [-0.25, -0.2) is 4.98 Å². The van der Waals surface area contributed by atoms with E-state index in [0.717, 1.165) is 31.2 Å². The molecule has 0 saturated heterocycles. The van der Waals surface area contributed by atoms with Gasteiger partial charge in [-0.1, -0.05) is 42.7 Å². The SMILES string of the molecule is Cc1ccc(-c2cnc(CCC(=O)NCC3(O)CCCC3)o2)cc1. The lowest BCUT2D eigenvalue weighted by Gasteiger charge is -2.22. The molecule has 128 valence electrons. The Kier molecular flexibility index (Phi) is 5.00. The van der Waals surface area contributed by atoms with Crippen molar-refractivity contribution in [1.29, 1.82) is 0 Å². The van der Waals surface area contributed by atoms with Crippen LogP contribution in [0.4, 0.5) is 0 Å². The van der Waals surface area contributed by atoms with Crippen molar-refractivity contribution >= 4 is 5.91 Å². The van der Waals surface area contributed by atoms with E-state index in [0.29, 0.717) is 31.0 Å². The number of aliphatic hydroxyl groups is 1. The summed E-state index contributed by atoms with van der Waals surface area (Å²) in [5.41, 5.74) is 1.46. The van der Waals surface area contributed by atoms with E-state index in [2.05, 4.69) is 10.3 Å². The average molecular weight is 328 g/mol. The molecule has 1 aromatic carbocycles. The molecule has 0 radical (unpaired) electrons. The van der Waals surface area contributed by atoms with E-state index < -0.39 is 5.60 Å². The number of nitrogens with zero attached hydrogens (tertiary/aromatic N) is 1. The second kappa shape index (κ2) is 7.18. The third-order valence-electron chi connectivity index (χ3n) is 4.60. The quantitative estimate of drug-likeness (QED) is 0.855. The second-order valence-electron chi connectivity index (χ2n) is 6.69. The number of benzene rings is 1. The molecule has 5 heteroatoms. The van der Waals surface area contributed by atoms with Crippen molar-refractivity contribution in [1.82, 2.24) is 10.3 Å². The van der Waals surface area contributed by atoms with Crippen molar-refractivity contribution in [3.8, 4) is 11.3 Å². The van der Waals surface area contributed by atoms with E-state index in [4.69, 9.17) is 4.42 Å². The van der Waals surface area contributed by atoms with Gasteiger partial charge in [0.05, 0.1) is 11.8 Å². The average Bonchev–Trinajstić information content (AvgIpc) is 3.22. The molecule has 0 unspecified atom stereocenters. The van der Waals surface area contributed by atoms with Crippen LogP contribution in [0.25, 0.3) is 11.3 Å². The van der Waals surface area contributed by atoms with Gasteiger partial charge in [0, 0.05) is 24.9 Å². The molecule has 0 bridgehead atoms. The zero-order valence-corrected chi connectivity index (χ0v) is 14.0. The van der Waals surface area contributed by atoms with Gasteiger partial charge in [-0.15, -0.1) is 0 Å². The summed E-state index contributed by atoms with van der Waals surface area (Å²) in [6, 6.07) is 8.04. The lowest BCUT2D eigenvalue weighted by atomic mass is 10.0. The number of hydrogen-bond acceptors (Lipinski definition) is 4.